The molecular weight excluding hydrogens is 281 g/mol. The minimum Gasteiger partial charge on any atom is -0.489 e. The summed E-state index contributed by atoms with van der Waals surface area (Å²) >= 11 is 0. The van der Waals surface area contributed by atoms with Crippen LogP contribution in [0.1, 0.15) is 12.8 Å². The Kier molecular flexibility index (Phi) is 5.10. The van der Waals surface area contributed by atoms with Crippen LogP contribution in [0.2, 0.25) is 0 Å². The van der Waals surface area contributed by atoms with Crippen LogP contribution in [0.3, 0.4) is 0 Å². The molecule has 1 aromatic carbocycles. The molecule has 0 unspecified atom stereocenters. The first-order valence-corrected chi connectivity index (χ1v) is 6.61. The van der Waals surface area contributed by atoms with Crippen LogP contribution in [0.15, 0.2) is 24.3 Å². The van der Waals surface area contributed by atoms with Crippen LogP contribution in [0.5, 0.6) is 5.75 Å². The highest BCUT2D eigenvalue weighted by Gasteiger charge is 2.34. The second kappa shape index (κ2) is 7.03. The summed E-state index contributed by atoms with van der Waals surface area (Å²) in [5, 5.41) is 11.3. The quantitative estimate of drug-likeness (QED) is 0.764. The van der Waals surface area contributed by atoms with Crippen molar-refractivity contribution in [2.45, 2.75) is 25.0 Å². The molecule has 1 amide bonds. The highest BCUT2D eigenvalue weighted by molar-refractivity contribution is 5.82. The highest BCUT2D eigenvalue weighted by atomic mass is 19.1. The minimum absolute atomic E-state index is 0.113. The molecule has 1 fully saturated rings. The fraction of sp³-hybridized carbons (Fsp3) is 0.429. The number of carboxylic acids is 1. The molecule has 21 heavy (non-hydrogen) atoms. The van der Waals surface area contributed by atoms with Gasteiger partial charge in [-0.25, -0.2) is 9.18 Å². The van der Waals surface area contributed by atoms with Gasteiger partial charge in [-0.15, -0.1) is 0 Å². The van der Waals surface area contributed by atoms with Crippen molar-refractivity contribution in [3.63, 3.8) is 0 Å². The first-order valence-electron chi connectivity index (χ1n) is 6.61. The summed E-state index contributed by atoms with van der Waals surface area (Å²) in [6.45, 7) is 0.298. The fourth-order valence-electron chi connectivity index (χ4n) is 2.02. The Morgan fingerprint density at radius 3 is 2.71 bits per heavy atom. The fourth-order valence-corrected chi connectivity index (χ4v) is 2.02. The Balaban J connectivity index is 1.68. The zero-order chi connectivity index (χ0) is 15.2. The molecule has 0 spiro atoms. The molecule has 0 radical (unpaired) electrons. The molecule has 2 atom stereocenters. The number of nitrogens with one attached hydrogen (secondary N) is 1. The Morgan fingerprint density at radius 2 is 2.05 bits per heavy atom. The maximum Gasteiger partial charge on any atom is 0.332 e. The predicted molar refractivity (Wildman–Crippen MR) is 70.4 cm³/mol. The molecule has 0 aliphatic carbocycles. The molecule has 0 saturated carbocycles. The molecule has 2 rings (SSSR count). The lowest BCUT2D eigenvalue weighted by atomic mass is 10.2. The van der Waals surface area contributed by atoms with Gasteiger partial charge in [0.1, 0.15) is 12.7 Å². The molecule has 2 N–H and O–H groups in total. The van der Waals surface area contributed by atoms with E-state index in [1.165, 1.54) is 12.1 Å². The van der Waals surface area contributed by atoms with E-state index in [0.29, 0.717) is 12.8 Å². The number of rotatable bonds is 6. The number of ether oxygens (including phenoxy) is 2. The standard InChI is InChI=1S/C14H16FNO5/c15-9-3-1-2-4-10(9)20-8-7-16-13(17)11-5-6-12(21-11)14(18)19/h1-4,11-12H,5-8H2,(H,16,17)(H,18,19)/t11-,12+/m0/s1. The molecule has 1 aromatic rings. The number of hydrogen-bond acceptors (Lipinski definition) is 4. The van der Waals surface area contributed by atoms with Gasteiger partial charge in [-0.3, -0.25) is 4.79 Å². The zero-order valence-corrected chi connectivity index (χ0v) is 11.3. The third-order valence-electron chi connectivity index (χ3n) is 3.08. The summed E-state index contributed by atoms with van der Waals surface area (Å²) < 4.78 is 23.5. The molecule has 0 bridgehead atoms. The third-order valence-corrected chi connectivity index (χ3v) is 3.08. The van der Waals surface area contributed by atoms with Gasteiger partial charge in [0.25, 0.3) is 0 Å². The molecule has 114 valence electrons. The van der Waals surface area contributed by atoms with E-state index in [-0.39, 0.29) is 24.8 Å². The van der Waals surface area contributed by atoms with Crippen molar-refractivity contribution in [3.8, 4) is 5.75 Å². The summed E-state index contributed by atoms with van der Waals surface area (Å²) in [6, 6.07) is 5.98. The van der Waals surface area contributed by atoms with Crippen molar-refractivity contribution >= 4 is 11.9 Å². The van der Waals surface area contributed by atoms with Crippen LogP contribution >= 0.6 is 0 Å². The van der Waals surface area contributed by atoms with Crippen LogP contribution in [-0.4, -0.2) is 42.3 Å². The van der Waals surface area contributed by atoms with Crippen molar-refractivity contribution in [2.75, 3.05) is 13.2 Å². The van der Waals surface area contributed by atoms with Crippen molar-refractivity contribution < 1.29 is 28.6 Å². The van der Waals surface area contributed by atoms with Gasteiger partial charge in [0, 0.05) is 0 Å². The Bertz CT molecular complexity index is 522. The second-order valence-corrected chi connectivity index (χ2v) is 4.60. The summed E-state index contributed by atoms with van der Waals surface area (Å²) in [5.74, 6) is -1.79. The van der Waals surface area contributed by atoms with Gasteiger partial charge in [-0.05, 0) is 25.0 Å². The number of carbonyl (C=O) groups excluding carboxylic acids is 1. The van der Waals surface area contributed by atoms with Crippen molar-refractivity contribution in [1.29, 1.82) is 0 Å². The van der Waals surface area contributed by atoms with E-state index >= 15 is 0 Å². The smallest absolute Gasteiger partial charge is 0.332 e. The SMILES string of the molecule is O=C(NCCOc1ccccc1F)[C@@H]1CC[C@H](C(=O)O)O1. The maximum absolute atomic E-state index is 13.3. The van der Waals surface area contributed by atoms with Gasteiger partial charge in [0.2, 0.25) is 5.91 Å². The summed E-state index contributed by atoms with van der Waals surface area (Å²) in [7, 11) is 0. The lowest BCUT2D eigenvalue weighted by Gasteiger charge is -2.12. The number of amides is 1. The van der Waals surface area contributed by atoms with E-state index in [9.17, 15) is 14.0 Å². The molecule has 1 heterocycles. The zero-order valence-electron chi connectivity index (χ0n) is 11.3. The largest absolute Gasteiger partial charge is 0.489 e. The number of aliphatic carboxylic acids is 1. The number of para-hydroxylation sites is 1. The molecule has 6 nitrogen and oxygen atoms in total. The lowest BCUT2D eigenvalue weighted by Crippen LogP contribution is -2.37. The van der Waals surface area contributed by atoms with Gasteiger partial charge >= 0.3 is 5.97 Å². The Morgan fingerprint density at radius 1 is 1.33 bits per heavy atom. The van der Waals surface area contributed by atoms with Gasteiger partial charge in [0.05, 0.1) is 6.54 Å². The average molecular weight is 297 g/mol. The normalized spacial score (nSPS) is 21.0. The van der Waals surface area contributed by atoms with Crippen LogP contribution < -0.4 is 10.1 Å². The number of carboxylic acid groups (broad SMARTS) is 1. The van der Waals surface area contributed by atoms with Crippen LogP contribution in [0.4, 0.5) is 4.39 Å². The van der Waals surface area contributed by atoms with E-state index in [1.807, 2.05) is 0 Å². The number of halogens is 1. The summed E-state index contributed by atoms with van der Waals surface area (Å²) in [4.78, 5) is 22.4. The van der Waals surface area contributed by atoms with Gasteiger partial charge in [-0.1, -0.05) is 12.1 Å². The lowest BCUT2D eigenvalue weighted by molar-refractivity contribution is -0.151. The number of carbonyl (C=O) groups is 2. The van der Waals surface area contributed by atoms with Gasteiger partial charge in [-0.2, -0.15) is 0 Å². The first kappa shape index (κ1) is 15.2. The van der Waals surface area contributed by atoms with E-state index in [4.69, 9.17) is 14.6 Å². The predicted octanol–water partition coefficient (Wildman–Crippen LogP) is 0.953. The van der Waals surface area contributed by atoms with E-state index < -0.39 is 24.0 Å². The van der Waals surface area contributed by atoms with Crippen LogP contribution in [-0.2, 0) is 14.3 Å². The molecule has 0 aromatic heterocycles. The Labute approximate surface area is 120 Å². The van der Waals surface area contributed by atoms with Gasteiger partial charge < -0.3 is 19.9 Å². The molecule has 7 heteroatoms. The summed E-state index contributed by atoms with van der Waals surface area (Å²) in [6.07, 6.45) is -0.981. The van der Waals surface area contributed by atoms with Crippen LogP contribution in [0.25, 0.3) is 0 Å². The van der Waals surface area contributed by atoms with E-state index in [0.717, 1.165) is 0 Å². The van der Waals surface area contributed by atoms with Crippen molar-refractivity contribution in [2.24, 2.45) is 0 Å². The van der Waals surface area contributed by atoms with Crippen molar-refractivity contribution in [3.05, 3.63) is 30.1 Å². The molecule has 1 aliphatic rings. The van der Waals surface area contributed by atoms with Crippen LogP contribution in [0, 0.1) is 5.82 Å². The topological polar surface area (TPSA) is 84.9 Å². The molecule has 1 saturated heterocycles. The van der Waals surface area contributed by atoms with E-state index in [1.54, 1.807) is 12.1 Å². The number of benzene rings is 1. The monoisotopic (exact) mass is 297 g/mol. The Hall–Kier alpha value is -2.15. The number of hydrogen-bond donors (Lipinski definition) is 2. The average Bonchev–Trinajstić information content (AvgIpc) is 2.95. The van der Waals surface area contributed by atoms with Gasteiger partial charge in [0.15, 0.2) is 17.7 Å². The first-order chi connectivity index (χ1) is 10.1. The third kappa shape index (κ3) is 4.16. The summed E-state index contributed by atoms with van der Waals surface area (Å²) in [5.41, 5.74) is 0. The van der Waals surface area contributed by atoms with E-state index in [2.05, 4.69) is 5.32 Å². The molecular formula is C14H16FNO5. The highest BCUT2D eigenvalue weighted by Crippen LogP contribution is 2.20. The van der Waals surface area contributed by atoms with Crippen molar-refractivity contribution in [1.82, 2.24) is 5.32 Å². The minimum atomic E-state index is -1.06. The maximum atomic E-state index is 13.3. The molecule has 1 aliphatic heterocycles. The second-order valence-electron chi connectivity index (χ2n) is 4.60.